The van der Waals surface area contributed by atoms with Crippen LogP contribution in [0.2, 0.25) is 0 Å². The molecule has 0 saturated heterocycles. The zero-order chi connectivity index (χ0) is 9.78. The van der Waals surface area contributed by atoms with Gasteiger partial charge in [-0.05, 0) is 20.8 Å². The van der Waals surface area contributed by atoms with Gasteiger partial charge in [0, 0.05) is 0 Å². The van der Waals surface area contributed by atoms with Crippen LogP contribution in [-0.2, 0) is 14.3 Å². The fraction of sp³-hybridized carbons (Fsp3) is 0.667. The Morgan fingerprint density at radius 3 is 2.00 bits per heavy atom. The van der Waals surface area contributed by atoms with Crippen molar-refractivity contribution in [2.75, 3.05) is 0 Å². The highest BCUT2D eigenvalue weighted by Gasteiger charge is 2.20. The van der Waals surface area contributed by atoms with Crippen molar-refractivity contribution in [1.82, 2.24) is 0 Å². The average Bonchev–Trinajstić information content (AvgIpc) is 1.82. The fourth-order valence-electron chi connectivity index (χ4n) is 0.363. The normalized spacial score (nSPS) is 10.3. The molecular formula is C6H11NO5. The van der Waals surface area contributed by atoms with E-state index in [1.165, 1.54) is 0 Å². The van der Waals surface area contributed by atoms with E-state index < -0.39 is 17.9 Å². The maximum absolute atomic E-state index is 10.6. The third-order valence-electron chi connectivity index (χ3n) is 0.652. The van der Waals surface area contributed by atoms with Crippen LogP contribution >= 0.6 is 0 Å². The lowest BCUT2D eigenvalue weighted by molar-refractivity contribution is -0.00788. The van der Waals surface area contributed by atoms with Crippen LogP contribution in [0.5, 0.6) is 0 Å². The van der Waals surface area contributed by atoms with E-state index >= 15 is 0 Å². The monoisotopic (exact) mass is 177 g/mol. The Morgan fingerprint density at radius 2 is 1.67 bits per heavy atom. The molecule has 6 nitrogen and oxygen atoms in total. The maximum atomic E-state index is 10.6. The average molecular weight is 177 g/mol. The lowest BCUT2D eigenvalue weighted by Gasteiger charge is -2.17. The van der Waals surface area contributed by atoms with Crippen molar-refractivity contribution in [1.29, 1.82) is 0 Å². The van der Waals surface area contributed by atoms with Gasteiger partial charge in [0.25, 0.3) is 0 Å². The third-order valence-corrected chi connectivity index (χ3v) is 0.652. The summed E-state index contributed by atoms with van der Waals surface area (Å²) in [6, 6.07) is 0. The Balaban J connectivity index is 3.83. The molecule has 0 aromatic rings. The summed E-state index contributed by atoms with van der Waals surface area (Å²) in [7, 11) is 0. The predicted molar refractivity (Wildman–Crippen MR) is 38.0 cm³/mol. The molecule has 0 fully saturated rings. The van der Waals surface area contributed by atoms with Gasteiger partial charge in [0.15, 0.2) is 0 Å². The first-order chi connectivity index (χ1) is 5.35. The van der Waals surface area contributed by atoms with E-state index in [2.05, 4.69) is 20.2 Å². The second-order valence-electron chi connectivity index (χ2n) is 2.93. The Kier molecular flexibility index (Phi) is 3.49. The summed E-state index contributed by atoms with van der Waals surface area (Å²) in [5.74, 6) is 4.40. The molecule has 0 radical (unpaired) electrons. The molecule has 2 N–H and O–H groups in total. The second kappa shape index (κ2) is 3.91. The molecule has 0 aliphatic rings. The van der Waals surface area contributed by atoms with Gasteiger partial charge in [0.1, 0.15) is 5.60 Å². The van der Waals surface area contributed by atoms with Crippen molar-refractivity contribution < 1.29 is 23.9 Å². The Bertz CT molecular complexity index is 183. The molecule has 0 aliphatic heterocycles. The van der Waals surface area contributed by atoms with E-state index in [1.807, 2.05) is 0 Å². The molecule has 6 heteroatoms. The first-order valence-electron chi connectivity index (χ1n) is 3.16. The second-order valence-corrected chi connectivity index (χ2v) is 2.93. The van der Waals surface area contributed by atoms with Gasteiger partial charge in [-0.2, -0.15) is 5.90 Å². The van der Waals surface area contributed by atoms with Gasteiger partial charge < -0.3 is 14.3 Å². The van der Waals surface area contributed by atoms with E-state index in [0.29, 0.717) is 0 Å². The molecule has 0 spiro atoms. The van der Waals surface area contributed by atoms with E-state index in [0.717, 1.165) is 0 Å². The highest BCUT2D eigenvalue weighted by Crippen LogP contribution is 2.07. The van der Waals surface area contributed by atoms with Crippen LogP contribution in [0.25, 0.3) is 0 Å². The summed E-state index contributed by atoms with van der Waals surface area (Å²) < 4.78 is 8.52. The number of ether oxygens (including phenoxy) is 2. The summed E-state index contributed by atoms with van der Waals surface area (Å²) in [4.78, 5) is 24.4. The highest BCUT2D eigenvalue weighted by molar-refractivity contribution is 5.76. The van der Waals surface area contributed by atoms with Gasteiger partial charge in [-0.1, -0.05) is 0 Å². The zero-order valence-electron chi connectivity index (χ0n) is 7.12. The molecule has 0 aromatic heterocycles. The molecule has 70 valence electrons. The van der Waals surface area contributed by atoms with E-state index in [4.69, 9.17) is 0 Å². The number of carbonyl (C=O) groups excluding carboxylic acids is 2. The van der Waals surface area contributed by atoms with Crippen LogP contribution < -0.4 is 5.90 Å². The van der Waals surface area contributed by atoms with Crippen molar-refractivity contribution >= 4 is 12.3 Å². The Hall–Kier alpha value is -1.30. The van der Waals surface area contributed by atoms with Gasteiger partial charge in [0.2, 0.25) is 0 Å². The minimum Gasteiger partial charge on any atom is -0.428 e. The molecule has 12 heavy (non-hydrogen) atoms. The lowest BCUT2D eigenvalue weighted by Crippen LogP contribution is -2.27. The summed E-state index contributed by atoms with van der Waals surface area (Å²) >= 11 is 0. The van der Waals surface area contributed by atoms with Crippen LogP contribution in [0.1, 0.15) is 20.8 Å². The van der Waals surface area contributed by atoms with Gasteiger partial charge in [-0.25, -0.2) is 9.59 Å². The van der Waals surface area contributed by atoms with Gasteiger partial charge in [0.05, 0.1) is 0 Å². The topological polar surface area (TPSA) is 87.8 Å². The fourth-order valence-corrected chi connectivity index (χ4v) is 0.363. The standard InChI is InChI=1S/C6H11NO5/c1-6(2,3)11-4(8)10-5(9)12-7/h7H2,1-3H3. The lowest BCUT2D eigenvalue weighted by atomic mass is 10.2. The number of hydrogen-bond donors (Lipinski definition) is 1. The largest absolute Gasteiger partial charge is 0.537 e. The molecule has 0 unspecified atom stereocenters. The molecule has 0 atom stereocenters. The smallest absolute Gasteiger partial charge is 0.428 e. The Labute approximate surface area is 69.5 Å². The minimum absolute atomic E-state index is 0.716. The zero-order valence-corrected chi connectivity index (χ0v) is 7.12. The van der Waals surface area contributed by atoms with Gasteiger partial charge in [-0.15, -0.1) is 0 Å². The van der Waals surface area contributed by atoms with Crippen molar-refractivity contribution in [3.05, 3.63) is 0 Å². The first-order valence-corrected chi connectivity index (χ1v) is 3.16. The summed E-state index contributed by atoms with van der Waals surface area (Å²) in [5.41, 5.74) is -0.716. The number of rotatable bonds is 0. The first kappa shape index (κ1) is 10.7. The highest BCUT2D eigenvalue weighted by atomic mass is 16.8. The SMILES string of the molecule is CC(C)(C)OC(=O)OC(=O)ON. The molecule has 0 aromatic carbocycles. The van der Waals surface area contributed by atoms with Crippen LogP contribution in [0.15, 0.2) is 0 Å². The minimum atomic E-state index is -1.30. The predicted octanol–water partition coefficient (Wildman–Crippen LogP) is 0.948. The maximum Gasteiger partial charge on any atom is 0.537 e. The molecule has 0 heterocycles. The molecular weight excluding hydrogens is 166 g/mol. The van der Waals surface area contributed by atoms with Crippen molar-refractivity contribution in [3.63, 3.8) is 0 Å². The number of hydrogen-bond acceptors (Lipinski definition) is 6. The van der Waals surface area contributed by atoms with Crippen molar-refractivity contribution in [3.8, 4) is 0 Å². The number of carbonyl (C=O) groups is 2. The van der Waals surface area contributed by atoms with Crippen LogP contribution in [0.4, 0.5) is 9.59 Å². The third kappa shape index (κ3) is 5.48. The van der Waals surface area contributed by atoms with Gasteiger partial charge >= 0.3 is 12.3 Å². The summed E-state index contributed by atoms with van der Waals surface area (Å²) in [6.07, 6.45) is -2.44. The molecule has 0 saturated carbocycles. The van der Waals surface area contributed by atoms with Crippen LogP contribution in [-0.4, -0.2) is 17.9 Å². The molecule has 0 rings (SSSR count). The van der Waals surface area contributed by atoms with E-state index in [1.54, 1.807) is 20.8 Å². The quantitative estimate of drug-likeness (QED) is 0.336. The van der Waals surface area contributed by atoms with Crippen LogP contribution in [0.3, 0.4) is 0 Å². The number of nitrogens with two attached hydrogens (primary N) is 1. The molecule has 0 bridgehead atoms. The summed E-state index contributed by atoms with van der Waals surface area (Å²) in [6.45, 7) is 4.88. The summed E-state index contributed by atoms with van der Waals surface area (Å²) in [5, 5.41) is 0. The molecule has 0 amide bonds. The Morgan fingerprint density at radius 1 is 1.17 bits per heavy atom. The van der Waals surface area contributed by atoms with Crippen molar-refractivity contribution in [2.45, 2.75) is 26.4 Å². The van der Waals surface area contributed by atoms with Crippen LogP contribution in [0, 0.1) is 0 Å². The van der Waals surface area contributed by atoms with Gasteiger partial charge in [-0.3, -0.25) is 0 Å². The van der Waals surface area contributed by atoms with E-state index in [9.17, 15) is 9.59 Å². The van der Waals surface area contributed by atoms with Crippen molar-refractivity contribution in [2.24, 2.45) is 5.90 Å². The molecule has 0 aliphatic carbocycles. The van der Waals surface area contributed by atoms with E-state index in [-0.39, 0.29) is 0 Å².